The first-order valence-electron chi connectivity index (χ1n) is 6.36. The lowest BCUT2D eigenvalue weighted by Gasteiger charge is -2.20. The maximum Gasteiger partial charge on any atom is 0.124 e. The summed E-state index contributed by atoms with van der Waals surface area (Å²) in [7, 11) is 0. The maximum absolute atomic E-state index is 9.81. The van der Waals surface area contributed by atoms with E-state index in [1.165, 1.54) is 6.07 Å². The molecule has 3 N–H and O–H groups in total. The molecule has 2 aromatic rings. The van der Waals surface area contributed by atoms with Crippen LogP contribution in [0.25, 0.3) is 0 Å². The quantitative estimate of drug-likeness (QED) is 0.774. The van der Waals surface area contributed by atoms with Crippen LogP contribution in [-0.2, 0) is 6.42 Å². The van der Waals surface area contributed by atoms with Crippen LogP contribution < -0.4 is 5.32 Å². The predicted octanol–water partition coefficient (Wildman–Crippen LogP) is 2.97. The van der Waals surface area contributed by atoms with Gasteiger partial charge >= 0.3 is 0 Å². The Kier molecular flexibility index (Phi) is 4.12. The summed E-state index contributed by atoms with van der Waals surface area (Å²) >= 11 is 0. The Bertz CT molecular complexity index is 522. The number of nitrogens with one attached hydrogen (secondary N) is 1. The van der Waals surface area contributed by atoms with Crippen LogP contribution in [0, 0.1) is 0 Å². The summed E-state index contributed by atoms with van der Waals surface area (Å²) in [4.78, 5) is 0. The van der Waals surface area contributed by atoms with Gasteiger partial charge in [-0.05, 0) is 32.0 Å². The standard InChI is InChI=1S/C15H19NO3/c1-10(8-13-4-3-7-19-13)16-11(2)14-6-5-12(17)9-15(14)18/h3-7,9-11,16-18H,8H2,1-2H3. The Balaban J connectivity index is 1.98. The molecule has 102 valence electrons. The molecule has 2 rings (SSSR count). The molecule has 4 nitrogen and oxygen atoms in total. The number of phenols is 2. The van der Waals surface area contributed by atoms with E-state index in [1.807, 2.05) is 19.1 Å². The van der Waals surface area contributed by atoms with Gasteiger partial charge in [0.2, 0.25) is 0 Å². The molecule has 1 aromatic carbocycles. The zero-order valence-corrected chi connectivity index (χ0v) is 11.1. The highest BCUT2D eigenvalue weighted by Crippen LogP contribution is 2.28. The summed E-state index contributed by atoms with van der Waals surface area (Å²) in [5.41, 5.74) is 0.768. The van der Waals surface area contributed by atoms with Crippen LogP contribution in [0.4, 0.5) is 0 Å². The van der Waals surface area contributed by atoms with Crippen molar-refractivity contribution in [2.75, 3.05) is 0 Å². The number of hydrogen-bond acceptors (Lipinski definition) is 4. The lowest BCUT2D eigenvalue weighted by Crippen LogP contribution is -2.30. The first kappa shape index (κ1) is 13.5. The molecule has 2 unspecified atom stereocenters. The Labute approximate surface area is 112 Å². The molecule has 2 atom stereocenters. The average molecular weight is 261 g/mol. The lowest BCUT2D eigenvalue weighted by atomic mass is 10.0. The van der Waals surface area contributed by atoms with Crippen LogP contribution in [-0.4, -0.2) is 16.3 Å². The molecule has 0 saturated heterocycles. The predicted molar refractivity (Wildman–Crippen MR) is 73.2 cm³/mol. The van der Waals surface area contributed by atoms with Gasteiger partial charge in [-0.3, -0.25) is 0 Å². The fourth-order valence-electron chi connectivity index (χ4n) is 2.20. The number of hydrogen-bond donors (Lipinski definition) is 3. The normalized spacial score (nSPS) is 14.2. The first-order valence-corrected chi connectivity index (χ1v) is 6.36. The van der Waals surface area contributed by atoms with Gasteiger partial charge in [0.25, 0.3) is 0 Å². The van der Waals surface area contributed by atoms with Crippen molar-refractivity contribution in [3.63, 3.8) is 0 Å². The van der Waals surface area contributed by atoms with Crippen LogP contribution in [0.5, 0.6) is 11.5 Å². The molecule has 1 heterocycles. The Morgan fingerprint density at radius 3 is 2.63 bits per heavy atom. The van der Waals surface area contributed by atoms with Gasteiger partial charge in [-0.15, -0.1) is 0 Å². The molecular formula is C15H19NO3. The Hall–Kier alpha value is -1.94. The molecule has 0 spiro atoms. The molecule has 0 saturated carbocycles. The summed E-state index contributed by atoms with van der Waals surface area (Å²) in [6.45, 7) is 4.04. The second kappa shape index (κ2) is 5.80. The summed E-state index contributed by atoms with van der Waals surface area (Å²) in [6.07, 6.45) is 2.45. The molecule has 1 aromatic heterocycles. The van der Waals surface area contributed by atoms with Gasteiger partial charge in [-0.25, -0.2) is 0 Å². The monoisotopic (exact) mass is 261 g/mol. The van der Waals surface area contributed by atoms with Crippen LogP contribution in [0.3, 0.4) is 0 Å². The molecular weight excluding hydrogens is 242 g/mol. The summed E-state index contributed by atoms with van der Waals surface area (Å²) in [6, 6.07) is 8.68. The number of phenolic OH excluding ortho intramolecular Hbond substituents is 2. The summed E-state index contributed by atoms with van der Waals surface area (Å²) < 4.78 is 5.31. The molecule has 19 heavy (non-hydrogen) atoms. The summed E-state index contributed by atoms with van der Waals surface area (Å²) in [5, 5.41) is 22.5. The van der Waals surface area contributed by atoms with Crippen molar-refractivity contribution in [2.24, 2.45) is 0 Å². The molecule has 0 fully saturated rings. The van der Waals surface area contributed by atoms with Gasteiger partial charge in [-0.2, -0.15) is 0 Å². The topological polar surface area (TPSA) is 65.6 Å². The van der Waals surface area contributed by atoms with Crippen molar-refractivity contribution in [3.8, 4) is 11.5 Å². The second-order valence-corrected chi connectivity index (χ2v) is 4.82. The fraction of sp³-hybridized carbons (Fsp3) is 0.333. The van der Waals surface area contributed by atoms with Gasteiger partial charge in [0.1, 0.15) is 17.3 Å². The number of furan rings is 1. The van der Waals surface area contributed by atoms with E-state index >= 15 is 0 Å². The third kappa shape index (κ3) is 3.51. The smallest absolute Gasteiger partial charge is 0.124 e. The number of benzene rings is 1. The van der Waals surface area contributed by atoms with E-state index in [4.69, 9.17) is 4.42 Å². The highest BCUT2D eigenvalue weighted by molar-refractivity contribution is 5.40. The van der Waals surface area contributed by atoms with E-state index in [9.17, 15) is 10.2 Å². The van der Waals surface area contributed by atoms with E-state index in [-0.39, 0.29) is 23.6 Å². The number of rotatable bonds is 5. The van der Waals surface area contributed by atoms with E-state index in [0.717, 1.165) is 17.7 Å². The van der Waals surface area contributed by atoms with Gasteiger partial charge in [0.15, 0.2) is 0 Å². The number of aromatic hydroxyl groups is 2. The highest BCUT2D eigenvalue weighted by atomic mass is 16.3. The fourth-order valence-corrected chi connectivity index (χ4v) is 2.20. The molecule has 0 bridgehead atoms. The van der Waals surface area contributed by atoms with E-state index in [0.29, 0.717) is 0 Å². The van der Waals surface area contributed by atoms with Crippen molar-refractivity contribution in [3.05, 3.63) is 47.9 Å². The average Bonchev–Trinajstić information content (AvgIpc) is 2.81. The molecule has 0 amide bonds. The van der Waals surface area contributed by atoms with E-state index < -0.39 is 0 Å². The third-order valence-corrected chi connectivity index (χ3v) is 3.10. The van der Waals surface area contributed by atoms with Gasteiger partial charge in [0.05, 0.1) is 6.26 Å². The minimum atomic E-state index is -0.00874. The van der Waals surface area contributed by atoms with E-state index in [2.05, 4.69) is 12.2 Å². The van der Waals surface area contributed by atoms with Crippen LogP contribution >= 0.6 is 0 Å². The van der Waals surface area contributed by atoms with Crippen LogP contribution in [0.2, 0.25) is 0 Å². The Morgan fingerprint density at radius 2 is 2.00 bits per heavy atom. The molecule has 4 heteroatoms. The SMILES string of the molecule is CC(Cc1ccco1)NC(C)c1ccc(O)cc1O. The minimum absolute atomic E-state index is 0.00874. The zero-order valence-electron chi connectivity index (χ0n) is 11.1. The van der Waals surface area contributed by atoms with Gasteiger partial charge < -0.3 is 19.9 Å². The largest absolute Gasteiger partial charge is 0.508 e. The summed E-state index contributed by atoms with van der Waals surface area (Å²) in [5.74, 6) is 1.10. The van der Waals surface area contributed by atoms with Crippen molar-refractivity contribution in [1.82, 2.24) is 5.32 Å². The minimum Gasteiger partial charge on any atom is -0.508 e. The van der Waals surface area contributed by atoms with Crippen molar-refractivity contribution >= 4 is 0 Å². The van der Waals surface area contributed by atoms with Crippen LogP contribution in [0.1, 0.15) is 31.2 Å². The first-order chi connectivity index (χ1) is 9.06. The maximum atomic E-state index is 9.81. The third-order valence-electron chi connectivity index (χ3n) is 3.10. The van der Waals surface area contributed by atoms with E-state index in [1.54, 1.807) is 18.4 Å². The van der Waals surface area contributed by atoms with Crippen LogP contribution in [0.15, 0.2) is 41.0 Å². The lowest BCUT2D eigenvalue weighted by molar-refractivity contribution is 0.409. The second-order valence-electron chi connectivity index (χ2n) is 4.82. The van der Waals surface area contributed by atoms with Gasteiger partial charge in [0, 0.05) is 30.1 Å². The zero-order chi connectivity index (χ0) is 13.8. The molecule has 0 aliphatic rings. The highest BCUT2D eigenvalue weighted by Gasteiger charge is 2.14. The van der Waals surface area contributed by atoms with Crippen molar-refractivity contribution < 1.29 is 14.6 Å². The van der Waals surface area contributed by atoms with Gasteiger partial charge in [-0.1, -0.05) is 6.07 Å². The molecule has 0 aliphatic carbocycles. The Morgan fingerprint density at radius 1 is 1.21 bits per heavy atom. The molecule has 0 radical (unpaired) electrons. The van der Waals surface area contributed by atoms with Crippen molar-refractivity contribution in [2.45, 2.75) is 32.4 Å². The van der Waals surface area contributed by atoms with Crippen molar-refractivity contribution in [1.29, 1.82) is 0 Å². The molecule has 0 aliphatic heterocycles.